The summed E-state index contributed by atoms with van der Waals surface area (Å²) in [6.07, 6.45) is 0.940. The number of halogens is 2. The van der Waals surface area contributed by atoms with Crippen LogP contribution in [0.3, 0.4) is 0 Å². The molecule has 0 aliphatic heterocycles. The topological polar surface area (TPSA) is 105 Å². The molecule has 9 nitrogen and oxygen atoms in total. The summed E-state index contributed by atoms with van der Waals surface area (Å²) in [6, 6.07) is 16.3. The third kappa shape index (κ3) is 8.13. The van der Waals surface area contributed by atoms with Crippen LogP contribution in [-0.4, -0.2) is 58.0 Å². The second-order valence-corrected chi connectivity index (χ2v) is 12.5. The molecule has 1 N–H and O–H groups in total. The highest BCUT2D eigenvalue weighted by Crippen LogP contribution is 2.36. The van der Waals surface area contributed by atoms with E-state index in [2.05, 4.69) is 5.32 Å². The molecule has 0 fully saturated rings. The van der Waals surface area contributed by atoms with Crippen LogP contribution >= 0.6 is 23.2 Å². The molecule has 232 valence electrons. The van der Waals surface area contributed by atoms with Crippen LogP contribution in [0.5, 0.6) is 11.5 Å². The number of benzene rings is 3. The maximum atomic E-state index is 14.3. The number of carbonyl (C=O) groups excluding carboxylic acids is 2. The summed E-state index contributed by atoms with van der Waals surface area (Å²) in [5.41, 5.74) is 0.525. The zero-order valence-corrected chi connectivity index (χ0v) is 27.2. The Kier molecular flexibility index (Phi) is 12.1. The molecule has 0 aliphatic carbocycles. The number of sulfonamides is 1. The molecule has 0 heterocycles. The van der Waals surface area contributed by atoms with Crippen molar-refractivity contribution < 1.29 is 27.5 Å². The van der Waals surface area contributed by atoms with Gasteiger partial charge in [0.1, 0.15) is 24.1 Å². The maximum Gasteiger partial charge on any atom is 0.264 e. The molecular formula is C31H37Cl2N3O6S. The number of nitrogens with zero attached hydrogens (tertiary/aromatic N) is 2. The summed E-state index contributed by atoms with van der Waals surface area (Å²) in [4.78, 5) is 29.1. The summed E-state index contributed by atoms with van der Waals surface area (Å²) < 4.78 is 40.1. The highest BCUT2D eigenvalue weighted by Gasteiger charge is 2.35. The van der Waals surface area contributed by atoms with E-state index in [1.54, 1.807) is 55.5 Å². The number of anilines is 1. The number of carbonyl (C=O) groups is 2. The largest absolute Gasteiger partial charge is 0.497 e. The second-order valence-electron chi connectivity index (χ2n) is 9.83. The molecule has 0 saturated carbocycles. The number of rotatable bonds is 14. The number of hydrogen-bond acceptors (Lipinski definition) is 6. The van der Waals surface area contributed by atoms with Gasteiger partial charge in [0.2, 0.25) is 11.8 Å². The van der Waals surface area contributed by atoms with Crippen molar-refractivity contribution in [3.63, 3.8) is 0 Å². The summed E-state index contributed by atoms with van der Waals surface area (Å²) >= 11 is 13.0. The van der Waals surface area contributed by atoms with Crippen LogP contribution in [0.2, 0.25) is 10.0 Å². The van der Waals surface area contributed by atoms with E-state index >= 15 is 0 Å². The van der Waals surface area contributed by atoms with E-state index in [4.69, 9.17) is 32.7 Å². The standard InChI is InChI=1S/C31H37Cl2N3O6S/c1-6-21(3)34-31(38)27(7-2)35(19-24-25(32)14-11-15-26(24)33)30(37)20-36(43(39,40)23-12-9-8-10-13-23)28-18-22(41-4)16-17-29(28)42-5/h8-18,21,27H,6-7,19-20H2,1-5H3,(H,34,38). The molecule has 0 aromatic heterocycles. The van der Waals surface area contributed by atoms with Gasteiger partial charge in [0.05, 0.1) is 24.8 Å². The van der Waals surface area contributed by atoms with E-state index in [-0.39, 0.29) is 41.2 Å². The summed E-state index contributed by atoms with van der Waals surface area (Å²) in [5.74, 6) is -0.456. The van der Waals surface area contributed by atoms with Crippen LogP contribution in [0.15, 0.2) is 71.6 Å². The highest BCUT2D eigenvalue weighted by molar-refractivity contribution is 7.92. The summed E-state index contributed by atoms with van der Waals surface area (Å²) in [5, 5.41) is 3.56. The Hall–Kier alpha value is -3.47. The third-order valence-electron chi connectivity index (χ3n) is 7.04. The van der Waals surface area contributed by atoms with Crippen LogP contribution in [0, 0.1) is 0 Å². The Morgan fingerprint density at radius 1 is 0.907 bits per heavy atom. The Labute approximate surface area is 263 Å². The minimum absolute atomic E-state index is 0.0325. The van der Waals surface area contributed by atoms with Gasteiger partial charge in [-0.15, -0.1) is 0 Å². The van der Waals surface area contributed by atoms with Gasteiger partial charge >= 0.3 is 0 Å². The molecule has 2 atom stereocenters. The van der Waals surface area contributed by atoms with E-state index in [0.717, 1.165) is 4.31 Å². The first-order valence-corrected chi connectivity index (χ1v) is 16.0. The number of amides is 2. The normalized spacial score (nSPS) is 12.6. The second kappa shape index (κ2) is 15.3. The van der Waals surface area contributed by atoms with Crippen molar-refractivity contribution in [2.45, 2.75) is 57.1 Å². The van der Waals surface area contributed by atoms with E-state index in [0.29, 0.717) is 27.8 Å². The molecule has 3 aromatic carbocycles. The third-order valence-corrected chi connectivity index (χ3v) is 9.52. The van der Waals surface area contributed by atoms with Crippen molar-refractivity contribution in [3.8, 4) is 11.5 Å². The number of ether oxygens (including phenoxy) is 2. The maximum absolute atomic E-state index is 14.3. The number of methoxy groups -OCH3 is 2. The number of nitrogens with one attached hydrogen (secondary N) is 1. The molecule has 43 heavy (non-hydrogen) atoms. The van der Waals surface area contributed by atoms with E-state index in [9.17, 15) is 18.0 Å². The molecule has 0 spiro atoms. The summed E-state index contributed by atoms with van der Waals surface area (Å²) in [7, 11) is -1.46. The zero-order valence-electron chi connectivity index (χ0n) is 24.8. The Morgan fingerprint density at radius 2 is 1.56 bits per heavy atom. The van der Waals surface area contributed by atoms with Gasteiger partial charge in [0, 0.05) is 34.3 Å². The van der Waals surface area contributed by atoms with Gasteiger partial charge in [-0.25, -0.2) is 8.42 Å². The van der Waals surface area contributed by atoms with E-state index in [1.807, 2.05) is 13.8 Å². The van der Waals surface area contributed by atoms with Gasteiger partial charge in [-0.3, -0.25) is 13.9 Å². The van der Waals surface area contributed by atoms with E-state index in [1.165, 1.54) is 37.3 Å². The minimum Gasteiger partial charge on any atom is -0.497 e. The number of hydrogen-bond donors (Lipinski definition) is 1. The van der Waals surface area contributed by atoms with Crippen molar-refractivity contribution in [2.75, 3.05) is 25.1 Å². The first-order valence-electron chi connectivity index (χ1n) is 13.8. The molecular weight excluding hydrogens is 613 g/mol. The van der Waals surface area contributed by atoms with Crippen molar-refractivity contribution in [2.24, 2.45) is 0 Å². The van der Waals surface area contributed by atoms with Crippen LogP contribution < -0.4 is 19.1 Å². The predicted octanol–water partition coefficient (Wildman–Crippen LogP) is 5.93. The lowest BCUT2D eigenvalue weighted by Crippen LogP contribution is -2.53. The molecule has 0 radical (unpaired) electrons. The first kappa shape index (κ1) is 34.0. The van der Waals surface area contributed by atoms with Crippen molar-refractivity contribution in [3.05, 3.63) is 82.3 Å². The smallest absolute Gasteiger partial charge is 0.264 e. The SMILES string of the molecule is CCC(C)NC(=O)C(CC)N(Cc1c(Cl)cccc1Cl)C(=O)CN(c1cc(OC)ccc1OC)S(=O)(=O)c1ccccc1. The minimum atomic E-state index is -4.31. The molecule has 0 aliphatic rings. The fourth-order valence-electron chi connectivity index (χ4n) is 4.44. The van der Waals surface area contributed by atoms with Crippen LogP contribution in [-0.2, 0) is 26.2 Å². The average molecular weight is 651 g/mol. The van der Waals surface area contributed by atoms with Gasteiger partial charge in [-0.05, 0) is 56.2 Å². The quantitative estimate of drug-likeness (QED) is 0.232. The predicted molar refractivity (Wildman–Crippen MR) is 170 cm³/mol. The Balaban J connectivity index is 2.18. The van der Waals surface area contributed by atoms with Gasteiger partial charge in [0.25, 0.3) is 10.0 Å². The van der Waals surface area contributed by atoms with E-state index < -0.39 is 28.5 Å². The monoisotopic (exact) mass is 649 g/mol. The Morgan fingerprint density at radius 3 is 2.12 bits per heavy atom. The zero-order chi connectivity index (χ0) is 31.7. The van der Waals surface area contributed by atoms with Crippen molar-refractivity contribution in [1.82, 2.24) is 10.2 Å². The fourth-order valence-corrected chi connectivity index (χ4v) is 6.39. The Bertz CT molecular complexity index is 1500. The fraction of sp³-hybridized carbons (Fsp3) is 0.355. The van der Waals surface area contributed by atoms with Crippen molar-refractivity contribution in [1.29, 1.82) is 0 Å². The highest BCUT2D eigenvalue weighted by atomic mass is 35.5. The molecule has 2 amide bonds. The van der Waals surface area contributed by atoms with Crippen LogP contribution in [0.1, 0.15) is 39.2 Å². The molecule has 0 saturated heterocycles. The van der Waals surface area contributed by atoms with Gasteiger partial charge in [-0.2, -0.15) is 0 Å². The van der Waals surface area contributed by atoms with Gasteiger partial charge in [-0.1, -0.05) is 61.3 Å². The lowest BCUT2D eigenvalue weighted by atomic mass is 10.1. The lowest BCUT2D eigenvalue weighted by molar-refractivity contribution is -0.140. The average Bonchev–Trinajstić information content (AvgIpc) is 3.00. The molecule has 3 rings (SSSR count). The van der Waals surface area contributed by atoms with Crippen molar-refractivity contribution >= 4 is 50.7 Å². The molecule has 2 unspecified atom stereocenters. The lowest BCUT2D eigenvalue weighted by Gasteiger charge is -2.34. The summed E-state index contributed by atoms with van der Waals surface area (Å²) in [6.45, 7) is 4.80. The van der Waals surface area contributed by atoms with Gasteiger partial charge < -0.3 is 19.7 Å². The first-order chi connectivity index (χ1) is 20.5. The van der Waals surface area contributed by atoms with Crippen LogP contribution in [0.25, 0.3) is 0 Å². The van der Waals surface area contributed by atoms with Crippen LogP contribution in [0.4, 0.5) is 5.69 Å². The molecule has 0 bridgehead atoms. The molecule has 12 heteroatoms. The molecule has 3 aromatic rings. The van der Waals surface area contributed by atoms with Gasteiger partial charge in [0.15, 0.2) is 0 Å².